The summed E-state index contributed by atoms with van der Waals surface area (Å²) in [5.74, 6) is 1.77. The first-order valence-corrected chi connectivity index (χ1v) is 8.43. The molecule has 0 aromatic carbocycles. The molecule has 0 unspecified atom stereocenters. The maximum Gasteiger partial charge on any atom is 0.152 e. The van der Waals surface area contributed by atoms with E-state index in [1.165, 1.54) is 39.1 Å². The van der Waals surface area contributed by atoms with Crippen molar-refractivity contribution in [1.29, 1.82) is 0 Å². The quantitative estimate of drug-likeness (QED) is 0.761. The molecule has 2 aromatic heterocycles. The predicted molar refractivity (Wildman–Crippen MR) is 91.3 cm³/mol. The Bertz CT molecular complexity index is 598. The van der Waals surface area contributed by atoms with Gasteiger partial charge in [0.15, 0.2) is 5.76 Å². The largest absolute Gasteiger partial charge is 0.460 e. The zero-order valence-corrected chi connectivity index (χ0v) is 14.1. The van der Waals surface area contributed by atoms with E-state index in [-0.39, 0.29) is 0 Å². The number of hydrogen-bond acceptors (Lipinski definition) is 5. The van der Waals surface area contributed by atoms with Gasteiger partial charge in [-0.05, 0) is 45.6 Å². The van der Waals surface area contributed by atoms with Crippen LogP contribution in [0, 0.1) is 6.92 Å². The Morgan fingerprint density at radius 2 is 2.09 bits per heavy atom. The first-order valence-electron chi connectivity index (χ1n) is 8.43. The Labute approximate surface area is 137 Å². The van der Waals surface area contributed by atoms with E-state index >= 15 is 0 Å². The van der Waals surface area contributed by atoms with Gasteiger partial charge in [-0.3, -0.25) is 5.10 Å². The van der Waals surface area contributed by atoms with Gasteiger partial charge < -0.3 is 19.5 Å². The van der Waals surface area contributed by atoms with Gasteiger partial charge in [0.1, 0.15) is 11.5 Å². The van der Waals surface area contributed by atoms with E-state index in [9.17, 15) is 0 Å². The van der Waals surface area contributed by atoms with Crippen molar-refractivity contribution in [2.24, 2.45) is 0 Å². The molecule has 3 rings (SSSR count). The van der Waals surface area contributed by atoms with Crippen LogP contribution in [-0.4, -0.2) is 66.3 Å². The van der Waals surface area contributed by atoms with Crippen molar-refractivity contribution >= 4 is 0 Å². The highest BCUT2D eigenvalue weighted by Crippen LogP contribution is 2.23. The molecule has 1 aliphatic rings. The summed E-state index contributed by atoms with van der Waals surface area (Å²) < 4.78 is 5.67. The van der Waals surface area contributed by atoms with Crippen LogP contribution in [-0.2, 0) is 6.54 Å². The number of hydrogen-bond donors (Lipinski definition) is 2. The van der Waals surface area contributed by atoms with Crippen LogP contribution >= 0.6 is 0 Å². The molecule has 2 aromatic rings. The van der Waals surface area contributed by atoms with Gasteiger partial charge in [-0.2, -0.15) is 5.10 Å². The third-order valence-electron chi connectivity index (χ3n) is 4.44. The fraction of sp³-hybridized carbons (Fsp3) is 0.588. The first kappa shape index (κ1) is 16.2. The number of nitrogens with one attached hydrogen (secondary N) is 2. The summed E-state index contributed by atoms with van der Waals surface area (Å²) in [6.07, 6.45) is 3.05. The Morgan fingerprint density at radius 3 is 2.83 bits per heavy atom. The van der Waals surface area contributed by atoms with E-state index in [0.717, 1.165) is 35.9 Å². The molecule has 126 valence electrons. The highest BCUT2D eigenvalue weighted by atomic mass is 16.3. The lowest BCUT2D eigenvalue weighted by Crippen LogP contribution is -2.45. The molecule has 1 saturated heterocycles. The fourth-order valence-corrected chi connectivity index (χ4v) is 2.95. The van der Waals surface area contributed by atoms with Gasteiger partial charge in [-0.25, -0.2) is 0 Å². The summed E-state index contributed by atoms with van der Waals surface area (Å²) in [6.45, 7) is 9.73. The van der Waals surface area contributed by atoms with Gasteiger partial charge in [-0.1, -0.05) is 0 Å². The second kappa shape index (κ2) is 7.77. The highest BCUT2D eigenvalue weighted by Gasteiger charge is 2.13. The van der Waals surface area contributed by atoms with E-state index in [4.69, 9.17) is 4.42 Å². The van der Waals surface area contributed by atoms with Gasteiger partial charge in [0.25, 0.3) is 0 Å². The molecule has 1 aliphatic heterocycles. The Hall–Kier alpha value is -1.63. The Kier molecular flexibility index (Phi) is 5.48. The number of aromatic nitrogens is 2. The second-order valence-corrected chi connectivity index (χ2v) is 6.36. The molecule has 0 saturated carbocycles. The summed E-state index contributed by atoms with van der Waals surface area (Å²) in [6, 6.07) is 3.96. The van der Waals surface area contributed by atoms with Crippen molar-refractivity contribution in [3.05, 3.63) is 29.7 Å². The highest BCUT2D eigenvalue weighted by molar-refractivity contribution is 5.56. The smallest absolute Gasteiger partial charge is 0.152 e. The molecular weight excluding hydrogens is 290 g/mol. The first-order chi connectivity index (χ1) is 11.2. The summed E-state index contributed by atoms with van der Waals surface area (Å²) in [5.41, 5.74) is 2.13. The number of likely N-dealkylation sites (N-methyl/N-ethyl adjacent to an activating group) is 1. The van der Waals surface area contributed by atoms with Crippen LogP contribution < -0.4 is 5.32 Å². The van der Waals surface area contributed by atoms with Crippen LogP contribution in [0.25, 0.3) is 11.5 Å². The second-order valence-electron chi connectivity index (χ2n) is 6.36. The molecule has 0 radical (unpaired) electrons. The standard InChI is InChI=1S/C17H27N5O/c1-14-4-5-16(23-14)17-15(13-19-20-17)12-18-6-3-7-22-10-8-21(2)9-11-22/h4-5,13,18H,3,6-12H2,1-2H3,(H,19,20). The average Bonchev–Trinajstić information content (AvgIpc) is 3.17. The molecule has 23 heavy (non-hydrogen) atoms. The molecule has 0 amide bonds. The third kappa shape index (κ3) is 4.43. The van der Waals surface area contributed by atoms with Gasteiger partial charge in [0, 0.05) is 38.3 Å². The lowest BCUT2D eigenvalue weighted by atomic mass is 10.2. The normalized spacial score (nSPS) is 17.0. The summed E-state index contributed by atoms with van der Waals surface area (Å²) in [7, 11) is 2.20. The van der Waals surface area contributed by atoms with Gasteiger partial charge in [0.2, 0.25) is 0 Å². The summed E-state index contributed by atoms with van der Waals surface area (Å²) >= 11 is 0. The van der Waals surface area contributed by atoms with E-state index in [2.05, 4.69) is 32.4 Å². The van der Waals surface area contributed by atoms with Crippen molar-refractivity contribution in [3.63, 3.8) is 0 Å². The number of piperazine rings is 1. The molecule has 0 bridgehead atoms. The monoisotopic (exact) mass is 317 g/mol. The van der Waals surface area contributed by atoms with Crippen molar-refractivity contribution in [3.8, 4) is 11.5 Å². The predicted octanol–water partition coefficient (Wildman–Crippen LogP) is 1.71. The molecule has 2 N–H and O–H groups in total. The van der Waals surface area contributed by atoms with Crippen LogP contribution in [0.2, 0.25) is 0 Å². The zero-order chi connectivity index (χ0) is 16.1. The van der Waals surface area contributed by atoms with Crippen LogP contribution in [0.15, 0.2) is 22.7 Å². The number of furan rings is 1. The molecule has 0 spiro atoms. The van der Waals surface area contributed by atoms with E-state index in [0.29, 0.717) is 0 Å². The average molecular weight is 317 g/mol. The van der Waals surface area contributed by atoms with Crippen LogP contribution in [0.5, 0.6) is 0 Å². The van der Waals surface area contributed by atoms with Gasteiger partial charge in [-0.15, -0.1) is 0 Å². The van der Waals surface area contributed by atoms with Crippen LogP contribution in [0.3, 0.4) is 0 Å². The Morgan fingerprint density at radius 1 is 1.26 bits per heavy atom. The zero-order valence-electron chi connectivity index (χ0n) is 14.1. The maximum atomic E-state index is 5.67. The number of aryl methyl sites for hydroxylation is 1. The molecular formula is C17H27N5O. The van der Waals surface area contributed by atoms with Gasteiger partial charge in [0.05, 0.1) is 6.20 Å². The van der Waals surface area contributed by atoms with Crippen molar-refractivity contribution in [1.82, 2.24) is 25.3 Å². The molecule has 3 heterocycles. The topological polar surface area (TPSA) is 60.3 Å². The van der Waals surface area contributed by atoms with Crippen LogP contribution in [0.1, 0.15) is 17.7 Å². The molecule has 0 aliphatic carbocycles. The van der Waals surface area contributed by atoms with Crippen molar-refractivity contribution in [2.75, 3.05) is 46.3 Å². The van der Waals surface area contributed by atoms with Crippen LogP contribution in [0.4, 0.5) is 0 Å². The lowest BCUT2D eigenvalue weighted by Gasteiger charge is -2.32. The molecule has 6 nitrogen and oxygen atoms in total. The summed E-state index contributed by atoms with van der Waals surface area (Å²) in [4.78, 5) is 4.95. The maximum absolute atomic E-state index is 5.67. The van der Waals surface area contributed by atoms with Crippen molar-refractivity contribution < 1.29 is 4.42 Å². The minimum Gasteiger partial charge on any atom is -0.460 e. The van der Waals surface area contributed by atoms with E-state index in [1.54, 1.807) is 0 Å². The molecule has 1 fully saturated rings. The number of nitrogens with zero attached hydrogens (tertiary/aromatic N) is 3. The van der Waals surface area contributed by atoms with Crippen molar-refractivity contribution in [2.45, 2.75) is 19.9 Å². The van der Waals surface area contributed by atoms with E-state index in [1.807, 2.05) is 25.3 Å². The molecule has 6 heteroatoms. The number of aromatic amines is 1. The minimum atomic E-state index is 0.814. The van der Waals surface area contributed by atoms with E-state index < -0.39 is 0 Å². The minimum absolute atomic E-state index is 0.814. The third-order valence-corrected chi connectivity index (χ3v) is 4.44. The fourth-order valence-electron chi connectivity index (χ4n) is 2.95. The van der Waals surface area contributed by atoms with Gasteiger partial charge >= 0.3 is 0 Å². The lowest BCUT2D eigenvalue weighted by molar-refractivity contribution is 0.153. The molecule has 0 atom stereocenters. The number of rotatable bonds is 7. The Balaban J connectivity index is 1.39. The summed E-state index contributed by atoms with van der Waals surface area (Å²) in [5, 5.41) is 10.7. The number of H-pyrrole nitrogens is 1. The SMILES string of the molecule is Cc1ccc(-c2[nH]ncc2CNCCCN2CCN(C)CC2)o1.